The summed E-state index contributed by atoms with van der Waals surface area (Å²) >= 11 is 0. The number of nitriles is 2. The Morgan fingerprint density at radius 3 is 2.43 bits per heavy atom. The molecule has 5 nitrogen and oxygen atoms in total. The van der Waals surface area contributed by atoms with Gasteiger partial charge >= 0.3 is 5.97 Å². The second-order valence-corrected chi connectivity index (χ2v) is 4.46. The molecule has 0 saturated carbocycles. The van der Waals surface area contributed by atoms with Crippen molar-refractivity contribution in [1.82, 2.24) is 0 Å². The van der Waals surface area contributed by atoms with Gasteiger partial charge in [0.15, 0.2) is 0 Å². The first-order valence-corrected chi connectivity index (χ1v) is 6.10. The van der Waals surface area contributed by atoms with E-state index in [1.54, 1.807) is 18.2 Å². The lowest BCUT2D eigenvalue weighted by Crippen LogP contribution is -2.03. The zero-order valence-corrected chi connectivity index (χ0v) is 11.2. The van der Waals surface area contributed by atoms with Gasteiger partial charge in [0, 0.05) is 5.69 Å². The first-order valence-electron chi connectivity index (χ1n) is 6.10. The van der Waals surface area contributed by atoms with Crippen LogP contribution in [0.1, 0.15) is 27.0 Å². The molecule has 0 amide bonds. The van der Waals surface area contributed by atoms with Gasteiger partial charge in [-0.2, -0.15) is 10.5 Å². The number of carboxylic acid groups (broad SMARTS) is 1. The minimum atomic E-state index is -1.04. The standard InChI is InChI=1S/C16H11N3O2/c1-10-2-5-14(16(20)21)15(6-10)19-13-4-3-11(8-17)12(7-13)9-18/h2-7,19H,1H3,(H,20,21). The van der Waals surface area contributed by atoms with E-state index >= 15 is 0 Å². The van der Waals surface area contributed by atoms with Gasteiger partial charge in [-0.25, -0.2) is 4.79 Å². The fraction of sp³-hybridized carbons (Fsp3) is 0.0625. The number of carbonyl (C=O) groups is 1. The summed E-state index contributed by atoms with van der Waals surface area (Å²) in [4.78, 5) is 11.2. The predicted octanol–water partition coefficient (Wildman–Crippen LogP) is 3.18. The Hall–Kier alpha value is -3.31. The van der Waals surface area contributed by atoms with E-state index in [0.717, 1.165) is 5.56 Å². The lowest BCUT2D eigenvalue weighted by atomic mass is 10.1. The molecule has 0 aliphatic rings. The number of rotatable bonds is 3. The van der Waals surface area contributed by atoms with Crippen LogP contribution in [-0.2, 0) is 0 Å². The highest BCUT2D eigenvalue weighted by molar-refractivity contribution is 5.95. The van der Waals surface area contributed by atoms with Crippen molar-refractivity contribution < 1.29 is 9.90 Å². The van der Waals surface area contributed by atoms with Gasteiger partial charge < -0.3 is 10.4 Å². The Kier molecular flexibility index (Phi) is 3.87. The van der Waals surface area contributed by atoms with Crippen molar-refractivity contribution in [2.45, 2.75) is 6.92 Å². The second-order valence-electron chi connectivity index (χ2n) is 4.46. The van der Waals surface area contributed by atoms with Gasteiger partial charge in [-0.05, 0) is 42.8 Å². The highest BCUT2D eigenvalue weighted by Gasteiger charge is 2.11. The normalized spacial score (nSPS) is 9.48. The first kappa shape index (κ1) is 14.1. The molecule has 2 rings (SSSR count). The van der Waals surface area contributed by atoms with Crippen molar-refractivity contribution in [2.75, 3.05) is 5.32 Å². The molecule has 0 aliphatic carbocycles. The fourth-order valence-electron chi connectivity index (χ4n) is 1.92. The van der Waals surface area contributed by atoms with Crippen LogP contribution >= 0.6 is 0 Å². The molecule has 0 saturated heterocycles. The lowest BCUT2D eigenvalue weighted by Gasteiger charge is -2.11. The third-order valence-electron chi connectivity index (χ3n) is 2.94. The zero-order chi connectivity index (χ0) is 15.4. The Morgan fingerprint density at radius 2 is 1.81 bits per heavy atom. The number of hydrogen-bond acceptors (Lipinski definition) is 4. The van der Waals surface area contributed by atoms with Crippen LogP contribution in [0, 0.1) is 29.6 Å². The van der Waals surface area contributed by atoms with Crippen molar-refractivity contribution in [2.24, 2.45) is 0 Å². The first-order chi connectivity index (χ1) is 10.0. The Balaban J connectivity index is 2.44. The van der Waals surface area contributed by atoms with Crippen LogP contribution in [0.5, 0.6) is 0 Å². The van der Waals surface area contributed by atoms with Crippen LogP contribution in [-0.4, -0.2) is 11.1 Å². The molecule has 102 valence electrons. The van der Waals surface area contributed by atoms with Crippen molar-refractivity contribution in [3.63, 3.8) is 0 Å². The molecular weight excluding hydrogens is 266 g/mol. The van der Waals surface area contributed by atoms with E-state index in [2.05, 4.69) is 5.32 Å². The largest absolute Gasteiger partial charge is 0.478 e. The van der Waals surface area contributed by atoms with Crippen LogP contribution in [0.25, 0.3) is 0 Å². The zero-order valence-electron chi connectivity index (χ0n) is 11.2. The molecule has 0 atom stereocenters. The summed E-state index contributed by atoms with van der Waals surface area (Å²) in [5.41, 5.74) is 2.58. The average Bonchev–Trinajstić information content (AvgIpc) is 2.46. The molecule has 21 heavy (non-hydrogen) atoms. The highest BCUT2D eigenvalue weighted by Crippen LogP contribution is 2.24. The SMILES string of the molecule is Cc1ccc(C(=O)O)c(Nc2ccc(C#N)c(C#N)c2)c1. The van der Waals surface area contributed by atoms with E-state index in [-0.39, 0.29) is 16.7 Å². The third kappa shape index (κ3) is 2.99. The number of benzene rings is 2. The van der Waals surface area contributed by atoms with Crippen LogP contribution in [0.2, 0.25) is 0 Å². The van der Waals surface area contributed by atoms with E-state index in [1.807, 2.05) is 19.1 Å². The number of nitrogens with zero attached hydrogens (tertiary/aromatic N) is 2. The van der Waals surface area contributed by atoms with Gasteiger partial charge in [-0.1, -0.05) is 6.07 Å². The van der Waals surface area contributed by atoms with Crippen molar-refractivity contribution in [3.8, 4) is 12.1 Å². The summed E-state index contributed by atoms with van der Waals surface area (Å²) in [5.74, 6) is -1.04. The monoisotopic (exact) mass is 277 g/mol. The number of carboxylic acids is 1. The maximum absolute atomic E-state index is 11.2. The number of nitrogens with one attached hydrogen (secondary N) is 1. The van der Waals surface area contributed by atoms with E-state index < -0.39 is 5.97 Å². The molecule has 0 radical (unpaired) electrons. The van der Waals surface area contributed by atoms with E-state index in [0.29, 0.717) is 11.4 Å². The number of anilines is 2. The summed E-state index contributed by atoms with van der Waals surface area (Å²) in [7, 11) is 0. The number of hydrogen-bond donors (Lipinski definition) is 2. The minimum Gasteiger partial charge on any atom is -0.478 e. The van der Waals surface area contributed by atoms with Gasteiger partial charge in [0.2, 0.25) is 0 Å². The fourth-order valence-corrected chi connectivity index (χ4v) is 1.92. The summed E-state index contributed by atoms with van der Waals surface area (Å²) in [6, 6.07) is 13.5. The van der Waals surface area contributed by atoms with E-state index in [9.17, 15) is 9.90 Å². The molecular formula is C16H11N3O2. The number of aryl methyl sites for hydroxylation is 1. The lowest BCUT2D eigenvalue weighted by molar-refractivity contribution is 0.0698. The van der Waals surface area contributed by atoms with Crippen LogP contribution < -0.4 is 5.32 Å². The maximum Gasteiger partial charge on any atom is 0.337 e. The smallest absolute Gasteiger partial charge is 0.337 e. The third-order valence-corrected chi connectivity index (χ3v) is 2.94. The van der Waals surface area contributed by atoms with Gasteiger partial charge in [-0.15, -0.1) is 0 Å². The Bertz CT molecular complexity index is 798. The predicted molar refractivity (Wildman–Crippen MR) is 77.3 cm³/mol. The van der Waals surface area contributed by atoms with Crippen LogP contribution in [0.3, 0.4) is 0 Å². The molecule has 0 fully saturated rings. The molecule has 0 aliphatic heterocycles. The number of aromatic carboxylic acids is 1. The summed E-state index contributed by atoms with van der Waals surface area (Å²) in [6.45, 7) is 1.86. The molecule has 2 aromatic carbocycles. The molecule has 0 bridgehead atoms. The van der Waals surface area contributed by atoms with Crippen LogP contribution in [0.15, 0.2) is 36.4 Å². The molecule has 0 heterocycles. The maximum atomic E-state index is 11.2. The van der Waals surface area contributed by atoms with Gasteiger partial charge in [-0.3, -0.25) is 0 Å². The summed E-state index contributed by atoms with van der Waals surface area (Å²) in [6.07, 6.45) is 0. The van der Waals surface area contributed by atoms with Crippen molar-refractivity contribution in [3.05, 3.63) is 58.7 Å². The van der Waals surface area contributed by atoms with Gasteiger partial charge in [0.1, 0.15) is 12.1 Å². The molecule has 2 aromatic rings. The van der Waals surface area contributed by atoms with Gasteiger partial charge in [0.05, 0.1) is 22.4 Å². The molecule has 0 aromatic heterocycles. The molecule has 5 heteroatoms. The quantitative estimate of drug-likeness (QED) is 0.898. The topological polar surface area (TPSA) is 96.9 Å². The Labute approximate surface area is 121 Å². The molecule has 0 unspecified atom stereocenters. The van der Waals surface area contributed by atoms with Crippen molar-refractivity contribution >= 4 is 17.3 Å². The minimum absolute atomic E-state index is 0.142. The highest BCUT2D eigenvalue weighted by atomic mass is 16.4. The van der Waals surface area contributed by atoms with Crippen LogP contribution in [0.4, 0.5) is 11.4 Å². The van der Waals surface area contributed by atoms with E-state index in [4.69, 9.17) is 10.5 Å². The summed E-state index contributed by atoms with van der Waals surface area (Å²) < 4.78 is 0. The summed E-state index contributed by atoms with van der Waals surface area (Å²) in [5, 5.41) is 30.0. The van der Waals surface area contributed by atoms with E-state index in [1.165, 1.54) is 18.2 Å². The average molecular weight is 277 g/mol. The molecule has 0 spiro atoms. The van der Waals surface area contributed by atoms with Gasteiger partial charge in [0.25, 0.3) is 0 Å². The Morgan fingerprint density at radius 1 is 1.10 bits per heavy atom. The second kappa shape index (κ2) is 5.77. The molecule has 2 N–H and O–H groups in total. The van der Waals surface area contributed by atoms with Crippen molar-refractivity contribution in [1.29, 1.82) is 10.5 Å².